The maximum absolute atomic E-state index is 11.4. The van der Waals surface area contributed by atoms with Gasteiger partial charge in [0.2, 0.25) is 11.8 Å². The number of hydrogen-bond donors (Lipinski definition) is 2. The van der Waals surface area contributed by atoms with Crippen LogP contribution in [0.15, 0.2) is 18.2 Å². The average molecular weight is 286 g/mol. The normalized spacial score (nSPS) is 13.8. The molecule has 0 radical (unpaired) electrons. The molecule has 6 nitrogen and oxygen atoms in total. The SMILES string of the molecule is Cc1nn(C)c(Oc2ccc3c(c2)CCC(=O)N3)c1CN. The van der Waals surface area contributed by atoms with Gasteiger partial charge in [0.1, 0.15) is 5.75 Å². The first-order chi connectivity index (χ1) is 10.1. The summed E-state index contributed by atoms with van der Waals surface area (Å²) in [6.45, 7) is 2.30. The monoisotopic (exact) mass is 286 g/mol. The Kier molecular flexibility index (Phi) is 3.39. The molecule has 1 aromatic heterocycles. The molecule has 2 aromatic rings. The molecule has 1 aliphatic rings. The highest BCUT2D eigenvalue weighted by Gasteiger charge is 2.17. The zero-order chi connectivity index (χ0) is 15.0. The van der Waals surface area contributed by atoms with Crippen molar-refractivity contribution in [2.45, 2.75) is 26.3 Å². The Bertz CT molecular complexity index is 706. The van der Waals surface area contributed by atoms with Crippen molar-refractivity contribution in [1.82, 2.24) is 9.78 Å². The van der Waals surface area contributed by atoms with Crippen molar-refractivity contribution in [3.05, 3.63) is 35.0 Å². The number of nitrogens with zero attached hydrogens (tertiary/aromatic N) is 2. The zero-order valence-corrected chi connectivity index (χ0v) is 12.1. The topological polar surface area (TPSA) is 82.2 Å². The molecule has 21 heavy (non-hydrogen) atoms. The minimum Gasteiger partial charge on any atom is -0.439 e. The lowest BCUT2D eigenvalue weighted by molar-refractivity contribution is -0.116. The Labute approximate surface area is 122 Å². The lowest BCUT2D eigenvalue weighted by Gasteiger charge is -2.17. The van der Waals surface area contributed by atoms with Gasteiger partial charge in [-0.1, -0.05) is 0 Å². The Hall–Kier alpha value is -2.34. The molecule has 2 heterocycles. The van der Waals surface area contributed by atoms with Crippen LogP contribution in [-0.2, 0) is 24.8 Å². The second kappa shape index (κ2) is 5.21. The Morgan fingerprint density at radius 2 is 2.24 bits per heavy atom. The van der Waals surface area contributed by atoms with E-state index >= 15 is 0 Å². The third kappa shape index (κ3) is 2.50. The van der Waals surface area contributed by atoms with E-state index in [4.69, 9.17) is 10.5 Å². The van der Waals surface area contributed by atoms with Crippen molar-refractivity contribution in [3.63, 3.8) is 0 Å². The van der Waals surface area contributed by atoms with Crippen LogP contribution in [0.1, 0.15) is 23.2 Å². The molecule has 0 atom stereocenters. The van der Waals surface area contributed by atoms with Gasteiger partial charge in [-0.25, -0.2) is 4.68 Å². The number of aromatic nitrogens is 2. The van der Waals surface area contributed by atoms with E-state index in [2.05, 4.69) is 10.4 Å². The number of hydrogen-bond acceptors (Lipinski definition) is 4. The van der Waals surface area contributed by atoms with Crippen molar-refractivity contribution in [3.8, 4) is 11.6 Å². The summed E-state index contributed by atoms with van der Waals surface area (Å²) in [6, 6.07) is 5.66. The molecule has 0 fully saturated rings. The average Bonchev–Trinajstić information content (AvgIpc) is 2.73. The number of ether oxygens (including phenoxy) is 1. The fraction of sp³-hybridized carbons (Fsp3) is 0.333. The van der Waals surface area contributed by atoms with E-state index < -0.39 is 0 Å². The first-order valence-corrected chi connectivity index (χ1v) is 6.91. The van der Waals surface area contributed by atoms with Gasteiger partial charge < -0.3 is 15.8 Å². The molecule has 3 rings (SSSR count). The minimum absolute atomic E-state index is 0.0591. The number of aryl methyl sites for hydroxylation is 3. The van der Waals surface area contributed by atoms with Gasteiger partial charge in [-0.05, 0) is 37.1 Å². The van der Waals surface area contributed by atoms with Gasteiger partial charge >= 0.3 is 0 Å². The summed E-state index contributed by atoms with van der Waals surface area (Å²) >= 11 is 0. The molecule has 3 N–H and O–H groups in total. The molecule has 1 aliphatic heterocycles. The highest BCUT2D eigenvalue weighted by molar-refractivity contribution is 5.94. The highest BCUT2D eigenvalue weighted by Crippen LogP contribution is 2.31. The number of nitrogens with two attached hydrogens (primary N) is 1. The maximum Gasteiger partial charge on any atom is 0.224 e. The molecule has 0 aliphatic carbocycles. The first kappa shape index (κ1) is 13.6. The van der Waals surface area contributed by atoms with Gasteiger partial charge in [-0.15, -0.1) is 0 Å². The van der Waals surface area contributed by atoms with Crippen LogP contribution in [-0.4, -0.2) is 15.7 Å². The second-order valence-corrected chi connectivity index (χ2v) is 5.17. The number of fused-ring (bicyclic) bond motifs is 1. The van der Waals surface area contributed by atoms with E-state index in [1.165, 1.54) is 0 Å². The van der Waals surface area contributed by atoms with E-state index in [0.29, 0.717) is 18.8 Å². The second-order valence-electron chi connectivity index (χ2n) is 5.17. The third-order valence-electron chi connectivity index (χ3n) is 3.68. The smallest absolute Gasteiger partial charge is 0.224 e. The fourth-order valence-electron chi connectivity index (χ4n) is 2.58. The molecule has 6 heteroatoms. The lowest BCUT2D eigenvalue weighted by Crippen LogP contribution is -2.18. The largest absolute Gasteiger partial charge is 0.439 e. The summed E-state index contributed by atoms with van der Waals surface area (Å²) in [5.41, 5.74) is 9.49. The van der Waals surface area contributed by atoms with Crippen LogP contribution in [0.25, 0.3) is 0 Å². The van der Waals surface area contributed by atoms with Gasteiger partial charge in [0.05, 0.1) is 11.3 Å². The highest BCUT2D eigenvalue weighted by atomic mass is 16.5. The number of benzene rings is 1. The summed E-state index contributed by atoms with van der Waals surface area (Å²) in [5.74, 6) is 1.45. The minimum atomic E-state index is 0.0591. The molecule has 110 valence electrons. The molecule has 0 saturated heterocycles. The van der Waals surface area contributed by atoms with Gasteiger partial charge in [0, 0.05) is 25.7 Å². The number of carbonyl (C=O) groups excluding carboxylic acids is 1. The number of amides is 1. The molecule has 1 amide bonds. The van der Waals surface area contributed by atoms with Crippen LogP contribution >= 0.6 is 0 Å². The van der Waals surface area contributed by atoms with Crippen LogP contribution in [0.2, 0.25) is 0 Å². The predicted molar refractivity (Wildman–Crippen MR) is 79.3 cm³/mol. The van der Waals surface area contributed by atoms with Crippen molar-refractivity contribution >= 4 is 11.6 Å². The van der Waals surface area contributed by atoms with Gasteiger partial charge in [-0.2, -0.15) is 5.10 Å². The molecular formula is C15H18N4O2. The maximum atomic E-state index is 11.4. The fourth-order valence-corrected chi connectivity index (χ4v) is 2.58. The molecular weight excluding hydrogens is 268 g/mol. The Balaban J connectivity index is 1.91. The first-order valence-electron chi connectivity index (χ1n) is 6.91. The number of rotatable bonds is 3. The van der Waals surface area contributed by atoms with E-state index in [1.54, 1.807) is 4.68 Å². The molecule has 1 aromatic carbocycles. The summed E-state index contributed by atoms with van der Waals surface area (Å²) < 4.78 is 7.65. The summed E-state index contributed by atoms with van der Waals surface area (Å²) in [7, 11) is 1.83. The van der Waals surface area contributed by atoms with Crippen LogP contribution in [0.3, 0.4) is 0 Å². The van der Waals surface area contributed by atoms with Crippen molar-refractivity contribution in [2.24, 2.45) is 12.8 Å². The standard InChI is InChI=1S/C15H18N4O2/c1-9-12(8-16)15(19(2)18-9)21-11-4-5-13-10(7-11)3-6-14(20)17-13/h4-5,7H,3,6,8,16H2,1-2H3,(H,17,20). The lowest BCUT2D eigenvalue weighted by atomic mass is 10.0. The van der Waals surface area contributed by atoms with Crippen LogP contribution < -0.4 is 15.8 Å². The number of anilines is 1. The number of carbonyl (C=O) groups is 1. The number of nitrogens with one attached hydrogen (secondary N) is 1. The molecule has 0 unspecified atom stereocenters. The van der Waals surface area contributed by atoms with Crippen molar-refractivity contribution in [1.29, 1.82) is 0 Å². The Morgan fingerprint density at radius 3 is 3.00 bits per heavy atom. The quantitative estimate of drug-likeness (QED) is 0.902. The van der Waals surface area contributed by atoms with Crippen LogP contribution in [0, 0.1) is 6.92 Å². The molecule has 0 saturated carbocycles. The third-order valence-corrected chi connectivity index (χ3v) is 3.68. The summed E-state index contributed by atoms with van der Waals surface area (Å²) in [6.07, 6.45) is 1.24. The molecule has 0 spiro atoms. The van der Waals surface area contributed by atoms with E-state index in [1.807, 2.05) is 32.2 Å². The predicted octanol–water partition coefficient (Wildman–Crippen LogP) is 1.86. The van der Waals surface area contributed by atoms with Gasteiger partial charge in [0.15, 0.2) is 0 Å². The van der Waals surface area contributed by atoms with Crippen molar-refractivity contribution in [2.75, 3.05) is 5.32 Å². The van der Waals surface area contributed by atoms with Gasteiger partial charge in [0.25, 0.3) is 0 Å². The zero-order valence-electron chi connectivity index (χ0n) is 12.1. The van der Waals surface area contributed by atoms with Crippen LogP contribution in [0.5, 0.6) is 11.6 Å². The molecule has 0 bridgehead atoms. The summed E-state index contributed by atoms with van der Waals surface area (Å²) in [4.78, 5) is 11.4. The van der Waals surface area contributed by atoms with E-state index in [0.717, 1.165) is 34.7 Å². The Morgan fingerprint density at radius 1 is 1.43 bits per heavy atom. The van der Waals surface area contributed by atoms with E-state index in [9.17, 15) is 4.79 Å². The van der Waals surface area contributed by atoms with Gasteiger partial charge in [-0.3, -0.25) is 4.79 Å². The van der Waals surface area contributed by atoms with E-state index in [-0.39, 0.29) is 5.91 Å². The van der Waals surface area contributed by atoms with Crippen molar-refractivity contribution < 1.29 is 9.53 Å². The van der Waals surface area contributed by atoms with Crippen LogP contribution in [0.4, 0.5) is 5.69 Å². The summed E-state index contributed by atoms with van der Waals surface area (Å²) in [5, 5.41) is 7.19.